The molecular formula is C22H27FN4O2. The number of hydrogen-bond acceptors (Lipinski definition) is 3. The maximum atomic E-state index is 13.8. The second kappa shape index (κ2) is 8.37. The summed E-state index contributed by atoms with van der Waals surface area (Å²) in [5, 5.41) is 2.88. The summed E-state index contributed by atoms with van der Waals surface area (Å²) in [5.41, 5.74) is 1.82. The van der Waals surface area contributed by atoms with Crippen LogP contribution in [0.2, 0.25) is 0 Å². The number of piperidine rings is 1. The highest BCUT2D eigenvalue weighted by Crippen LogP contribution is 2.36. The molecule has 1 aromatic rings. The Morgan fingerprint density at radius 2 is 1.97 bits per heavy atom. The average molecular weight is 398 g/mol. The van der Waals surface area contributed by atoms with Gasteiger partial charge in [-0.25, -0.2) is 9.18 Å². The first kappa shape index (κ1) is 19.6. The number of urea groups is 1. The van der Waals surface area contributed by atoms with Crippen LogP contribution in [0, 0.1) is 5.82 Å². The fourth-order valence-corrected chi connectivity index (χ4v) is 4.43. The van der Waals surface area contributed by atoms with Crippen LogP contribution in [0.1, 0.15) is 30.9 Å². The normalized spacial score (nSPS) is 22.7. The third-order valence-corrected chi connectivity index (χ3v) is 5.93. The molecule has 6 nitrogen and oxygen atoms in total. The first-order valence-corrected chi connectivity index (χ1v) is 10.3. The molecule has 1 aromatic carbocycles. The number of rotatable bonds is 6. The average Bonchev–Trinajstić information content (AvgIpc) is 3.05. The van der Waals surface area contributed by atoms with E-state index >= 15 is 0 Å². The molecule has 1 unspecified atom stereocenters. The van der Waals surface area contributed by atoms with Crippen molar-refractivity contribution in [3.05, 3.63) is 59.6 Å². The van der Waals surface area contributed by atoms with Crippen molar-refractivity contribution in [2.75, 3.05) is 39.3 Å². The molecule has 3 amide bonds. The van der Waals surface area contributed by atoms with Crippen molar-refractivity contribution in [3.63, 3.8) is 0 Å². The maximum Gasteiger partial charge on any atom is 0.322 e. The number of carbonyl (C=O) groups excluding carboxylic acids is 2. The molecule has 1 N–H and O–H groups in total. The highest BCUT2D eigenvalue weighted by Gasteiger charge is 2.43. The van der Waals surface area contributed by atoms with Crippen LogP contribution in [-0.4, -0.2) is 65.9 Å². The minimum atomic E-state index is -0.637. The zero-order chi connectivity index (χ0) is 20.4. The van der Waals surface area contributed by atoms with Crippen molar-refractivity contribution in [1.82, 2.24) is 20.0 Å². The van der Waals surface area contributed by atoms with Crippen molar-refractivity contribution in [2.24, 2.45) is 0 Å². The summed E-state index contributed by atoms with van der Waals surface area (Å²) in [6.45, 7) is 8.06. The Labute approximate surface area is 170 Å². The van der Waals surface area contributed by atoms with Gasteiger partial charge in [-0.15, -0.1) is 6.58 Å². The number of nitrogens with zero attached hydrogens (tertiary/aromatic N) is 3. The minimum absolute atomic E-state index is 0.0830. The predicted molar refractivity (Wildman–Crippen MR) is 108 cm³/mol. The van der Waals surface area contributed by atoms with Crippen LogP contribution in [0.3, 0.4) is 0 Å². The van der Waals surface area contributed by atoms with Crippen LogP contribution < -0.4 is 5.32 Å². The summed E-state index contributed by atoms with van der Waals surface area (Å²) in [6.07, 6.45) is 5.33. The highest BCUT2D eigenvalue weighted by atomic mass is 19.1. The van der Waals surface area contributed by atoms with Gasteiger partial charge in [0, 0.05) is 19.6 Å². The van der Waals surface area contributed by atoms with E-state index in [-0.39, 0.29) is 17.8 Å². The zero-order valence-corrected chi connectivity index (χ0v) is 16.6. The first-order chi connectivity index (χ1) is 14.1. The summed E-state index contributed by atoms with van der Waals surface area (Å²) in [7, 11) is 0. The Bertz CT molecular complexity index is 847. The van der Waals surface area contributed by atoms with Gasteiger partial charge >= 0.3 is 6.03 Å². The zero-order valence-electron chi connectivity index (χ0n) is 16.6. The van der Waals surface area contributed by atoms with Crippen LogP contribution in [0.25, 0.3) is 0 Å². The molecule has 0 aromatic heterocycles. The third kappa shape index (κ3) is 3.92. The van der Waals surface area contributed by atoms with Crippen LogP contribution in [-0.2, 0) is 4.79 Å². The van der Waals surface area contributed by atoms with Crippen molar-refractivity contribution in [3.8, 4) is 0 Å². The molecule has 1 saturated heterocycles. The summed E-state index contributed by atoms with van der Waals surface area (Å²) >= 11 is 0. The van der Waals surface area contributed by atoms with Gasteiger partial charge in [0.1, 0.15) is 5.82 Å². The van der Waals surface area contributed by atoms with Gasteiger partial charge in [0.15, 0.2) is 0 Å². The molecule has 3 heterocycles. The molecule has 7 heteroatoms. The molecule has 3 aliphatic rings. The van der Waals surface area contributed by atoms with E-state index in [1.54, 1.807) is 23.1 Å². The van der Waals surface area contributed by atoms with Gasteiger partial charge in [0.2, 0.25) is 0 Å². The number of likely N-dealkylation sites (tertiary alicyclic amines) is 1. The number of amides is 3. The van der Waals surface area contributed by atoms with Gasteiger partial charge < -0.3 is 15.1 Å². The molecule has 0 aliphatic carbocycles. The lowest BCUT2D eigenvalue weighted by molar-refractivity contribution is -0.126. The van der Waals surface area contributed by atoms with Crippen LogP contribution in [0.5, 0.6) is 0 Å². The molecule has 29 heavy (non-hydrogen) atoms. The standard InChI is InChI=1S/C22H27FN4O2/c1-2-9-27-18-15-26(13-12-25-10-4-3-5-11-25)21(28)19(18)20(24-22(27)29)16-7-6-8-17(23)14-16/h2,6-8,14,20H,1,3-5,9-13,15H2,(H,24,29). The molecule has 0 radical (unpaired) electrons. The Balaban J connectivity index is 1.59. The quantitative estimate of drug-likeness (QED) is 0.750. The number of hydrogen-bond donors (Lipinski definition) is 1. The molecule has 4 rings (SSSR count). The molecule has 154 valence electrons. The Morgan fingerprint density at radius 3 is 2.69 bits per heavy atom. The van der Waals surface area contributed by atoms with Crippen LogP contribution in [0.4, 0.5) is 9.18 Å². The monoisotopic (exact) mass is 398 g/mol. The van der Waals surface area contributed by atoms with Crippen LogP contribution in [0.15, 0.2) is 48.2 Å². The second-order valence-electron chi connectivity index (χ2n) is 7.83. The summed E-state index contributed by atoms with van der Waals surface area (Å²) in [5.74, 6) is -0.472. The van der Waals surface area contributed by atoms with E-state index in [9.17, 15) is 14.0 Å². The molecule has 1 atom stereocenters. The fourth-order valence-electron chi connectivity index (χ4n) is 4.43. The summed E-state index contributed by atoms with van der Waals surface area (Å²) in [4.78, 5) is 31.8. The number of benzene rings is 1. The van der Waals surface area contributed by atoms with Crippen molar-refractivity contribution in [1.29, 1.82) is 0 Å². The number of nitrogens with one attached hydrogen (secondary N) is 1. The Kier molecular flexibility index (Phi) is 5.67. The lowest BCUT2D eigenvalue weighted by Gasteiger charge is -2.33. The molecular weight excluding hydrogens is 371 g/mol. The van der Waals surface area contributed by atoms with Gasteiger partial charge in [-0.3, -0.25) is 9.69 Å². The van der Waals surface area contributed by atoms with Gasteiger partial charge in [0.25, 0.3) is 5.91 Å². The summed E-state index contributed by atoms with van der Waals surface area (Å²) in [6, 6.07) is 5.15. The molecule has 1 fully saturated rings. The van der Waals surface area contributed by atoms with Gasteiger partial charge in [-0.2, -0.15) is 0 Å². The SMILES string of the molecule is C=CCN1C(=O)NC(c2cccc(F)c2)C2=C1CN(CCN1CCCCC1)C2=O. The largest absolute Gasteiger partial charge is 0.332 e. The predicted octanol–water partition coefficient (Wildman–Crippen LogP) is 2.66. The van der Waals surface area contributed by atoms with Crippen molar-refractivity contribution in [2.45, 2.75) is 25.3 Å². The number of halogens is 1. The smallest absolute Gasteiger partial charge is 0.322 e. The molecule has 0 bridgehead atoms. The van der Waals surface area contributed by atoms with Gasteiger partial charge in [-0.1, -0.05) is 24.6 Å². The Morgan fingerprint density at radius 1 is 1.17 bits per heavy atom. The first-order valence-electron chi connectivity index (χ1n) is 10.3. The summed E-state index contributed by atoms with van der Waals surface area (Å²) < 4.78 is 13.8. The molecule has 0 saturated carbocycles. The lowest BCUT2D eigenvalue weighted by atomic mass is 9.95. The van der Waals surface area contributed by atoms with Crippen LogP contribution >= 0.6 is 0 Å². The second-order valence-corrected chi connectivity index (χ2v) is 7.83. The lowest BCUT2D eigenvalue weighted by Crippen LogP contribution is -2.47. The van der Waals surface area contributed by atoms with Crippen molar-refractivity contribution >= 4 is 11.9 Å². The maximum absolute atomic E-state index is 13.8. The van der Waals surface area contributed by atoms with E-state index in [2.05, 4.69) is 16.8 Å². The fraction of sp³-hybridized carbons (Fsp3) is 0.455. The topological polar surface area (TPSA) is 55.9 Å². The van der Waals surface area contributed by atoms with Gasteiger partial charge in [0.05, 0.1) is 23.9 Å². The van der Waals surface area contributed by atoms with E-state index in [1.807, 2.05) is 4.90 Å². The van der Waals surface area contributed by atoms with E-state index in [1.165, 1.54) is 31.4 Å². The molecule has 0 spiro atoms. The van der Waals surface area contributed by atoms with E-state index in [4.69, 9.17) is 0 Å². The molecule has 3 aliphatic heterocycles. The Hall–Kier alpha value is -2.67. The minimum Gasteiger partial charge on any atom is -0.332 e. The third-order valence-electron chi connectivity index (χ3n) is 5.93. The van der Waals surface area contributed by atoms with Gasteiger partial charge in [-0.05, 0) is 43.6 Å². The number of carbonyl (C=O) groups is 2. The van der Waals surface area contributed by atoms with E-state index in [0.29, 0.717) is 36.5 Å². The highest BCUT2D eigenvalue weighted by molar-refractivity contribution is 6.01. The van der Waals surface area contributed by atoms with Crippen molar-refractivity contribution < 1.29 is 14.0 Å². The van der Waals surface area contributed by atoms with E-state index in [0.717, 1.165) is 19.6 Å². The van der Waals surface area contributed by atoms with E-state index < -0.39 is 6.04 Å².